The van der Waals surface area contributed by atoms with Gasteiger partial charge in [-0.3, -0.25) is 0 Å². The number of nitrogens with two attached hydrogens (primary N) is 1. The quantitative estimate of drug-likeness (QED) is 0.739. The molecule has 1 aromatic heterocycles. The molecule has 80 valence electrons. The van der Waals surface area contributed by atoms with E-state index >= 15 is 0 Å². The van der Waals surface area contributed by atoms with Crippen LogP contribution in [0.1, 0.15) is 25.7 Å². The summed E-state index contributed by atoms with van der Waals surface area (Å²) in [6, 6.07) is 5.66. The Balaban J connectivity index is 1.78. The molecule has 0 fully saturated rings. The monoisotopic (exact) mass is 203 g/mol. The highest BCUT2D eigenvalue weighted by Crippen LogP contribution is 2.20. The first-order valence-corrected chi connectivity index (χ1v) is 5.49. The maximum absolute atomic E-state index is 5.59. The number of aromatic nitrogens is 1. The predicted molar refractivity (Wildman–Crippen MR) is 63.7 cm³/mol. The van der Waals surface area contributed by atoms with Crippen LogP contribution in [0, 0.1) is 0 Å². The molecule has 0 radical (unpaired) electrons. The Morgan fingerprint density at radius 3 is 3.07 bits per heavy atom. The van der Waals surface area contributed by atoms with E-state index in [1.807, 2.05) is 12.1 Å². The molecule has 0 spiro atoms. The van der Waals surface area contributed by atoms with Gasteiger partial charge in [-0.1, -0.05) is 17.7 Å². The molecule has 1 aromatic rings. The molecule has 0 unspecified atom stereocenters. The van der Waals surface area contributed by atoms with Crippen LogP contribution in [0.4, 0.5) is 11.6 Å². The van der Waals surface area contributed by atoms with Crippen molar-refractivity contribution in [1.82, 2.24) is 4.98 Å². The maximum atomic E-state index is 5.59. The largest absolute Gasteiger partial charge is 0.384 e. The standard InChI is InChI=1S/C12H17N3/c13-11-6-3-7-12(15-11)14-9-8-10-4-1-2-5-10/h3-4,6-7H,1-2,5,8-9H2,(H3,13,14,15). The van der Waals surface area contributed by atoms with E-state index in [-0.39, 0.29) is 0 Å². The highest BCUT2D eigenvalue weighted by atomic mass is 15.0. The summed E-state index contributed by atoms with van der Waals surface area (Å²) in [7, 11) is 0. The fourth-order valence-corrected chi connectivity index (χ4v) is 1.87. The summed E-state index contributed by atoms with van der Waals surface area (Å²) in [4.78, 5) is 4.18. The van der Waals surface area contributed by atoms with Crippen LogP contribution in [0.25, 0.3) is 0 Å². The van der Waals surface area contributed by atoms with Gasteiger partial charge in [0.15, 0.2) is 0 Å². The van der Waals surface area contributed by atoms with Crippen LogP contribution in [0.15, 0.2) is 29.8 Å². The van der Waals surface area contributed by atoms with Crippen molar-refractivity contribution in [3.05, 3.63) is 29.8 Å². The lowest BCUT2D eigenvalue weighted by atomic mass is 10.2. The van der Waals surface area contributed by atoms with Crippen molar-refractivity contribution < 1.29 is 0 Å². The predicted octanol–water partition coefficient (Wildman–Crippen LogP) is 2.58. The second kappa shape index (κ2) is 4.82. The minimum atomic E-state index is 0.570. The lowest BCUT2D eigenvalue weighted by molar-refractivity contribution is 0.862. The number of hydrogen-bond acceptors (Lipinski definition) is 3. The number of anilines is 2. The third-order valence-corrected chi connectivity index (χ3v) is 2.66. The van der Waals surface area contributed by atoms with E-state index < -0.39 is 0 Å². The first-order valence-electron chi connectivity index (χ1n) is 5.49. The lowest BCUT2D eigenvalue weighted by Gasteiger charge is -2.06. The molecule has 0 bridgehead atoms. The number of hydrogen-bond donors (Lipinski definition) is 2. The molecule has 3 heteroatoms. The second-order valence-corrected chi connectivity index (χ2v) is 3.88. The van der Waals surface area contributed by atoms with Crippen LogP contribution in [0.2, 0.25) is 0 Å². The van der Waals surface area contributed by atoms with Crippen molar-refractivity contribution in [2.75, 3.05) is 17.6 Å². The van der Waals surface area contributed by atoms with Crippen LogP contribution in [-0.2, 0) is 0 Å². The maximum Gasteiger partial charge on any atom is 0.128 e. The molecule has 0 aromatic carbocycles. The lowest BCUT2D eigenvalue weighted by Crippen LogP contribution is -2.04. The number of nitrogen functional groups attached to an aromatic ring is 1. The SMILES string of the molecule is Nc1cccc(NCCC2=CCCC2)n1. The van der Waals surface area contributed by atoms with E-state index in [4.69, 9.17) is 5.73 Å². The Morgan fingerprint density at radius 1 is 1.40 bits per heavy atom. The highest BCUT2D eigenvalue weighted by Gasteiger charge is 2.03. The van der Waals surface area contributed by atoms with Gasteiger partial charge in [0, 0.05) is 6.54 Å². The van der Waals surface area contributed by atoms with Crippen molar-refractivity contribution in [2.24, 2.45) is 0 Å². The summed E-state index contributed by atoms with van der Waals surface area (Å²) in [5, 5.41) is 3.28. The van der Waals surface area contributed by atoms with E-state index in [1.165, 1.54) is 19.3 Å². The van der Waals surface area contributed by atoms with Crippen molar-refractivity contribution in [3.8, 4) is 0 Å². The molecule has 1 aliphatic carbocycles. The Labute approximate surface area is 90.4 Å². The van der Waals surface area contributed by atoms with Crippen LogP contribution in [0.5, 0.6) is 0 Å². The molecule has 3 N–H and O–H groups in total. The fourth-order valence-electron chi connectivity index (χ4n) is 1.87. The Bertz CT molecular complexity index is 358. The summed E-state index contributed by atoms with van der Waals surface area (Å²) in [5.74, 6) is 1.44. The third kappa shape index (κ3) is 2.98. The van der Waals surface area contributed by atoms with Gasteiger partial charge >= 0.3 is 0 Å². The fraction of sp³-hybridized carbons (Fsp3) is 0.417. The minimum Gasteiger partial charge on any atom is -0.384 e. The van der Waals surface area contributed by atoms with Crippen molar-refractivity contribution in [1.29, 1.82) is 0 Å². The number of rotatable bonds is 4. The Morgan fingerprint density at radius 2 is 2.33 bits per heavy atom. The first kappa shape index (κ1) is 10.0. The third-order valence-electron chi connectivity index (χ3n) is 2.66. The van der Waals surface area contributed by atoms with Crippen LogP contribution in [0.3, 0.4) is 0 Å². The van der Waals surface area contributed by atoms with Gasteiger partial charge in [-0.2, -0.15) is 0 Å². The zero-order valence-corrected chi connectivity index (χ0v) is 8.87. The highest BCUT2D eigenvalue weighted by molar-refractivity contribution is 5.42. The van der Waals surface area contributed by atoms with Gasteiger partial charge in [0.1, 0.15) is 11.6 Å². The summed E-state index contributed by atoms with van der Waals surface area (Å²) in [5.41, 5.74) is 7.17. The van der Waals surface area contributed by atoms with Crippen molar-refractivity contribution >= 4 is 11.6 Å². The van der Waals surface area contributed by atoms with Crippen molar-refractivity contribution in [3.63, 3.8) is 0 Å². The van der Waals surface area contributed by atoms with Gasteiger partial charge < -0.3 is 11.1 Å². The van der Waals surface area contributed by atoms with Gasteiger partial charge in [-0.05, 0) is 37.8 Å². The van der Waals surface area contributed by atoms with Crippen LogP contribution < -0.4 is 11.1 Å². The molecule has 0 saturated heterocycles. The molecule has 0 saturated carbocycles. The van der Waals surface area contributed by atoms with E-state index in [9.17, 15) is 0 Å². The molecule has 2 rings (SSSR count). The zero-order valence-electron chi connectivity index (χ0n) is 8.87. The summed E-state index contributed by atoms with van der Waals surface area (Å²) < 4.78 is 0. The number of nitrogens with zero attached hydrogens (tertiary/aromatic N) is 1. The van der Waals surface area contributed by atoms with E-state index in [1.54, 1.807) is 11.6 Å². The average Bonchev–Trinajstić information content (AvgIpc) is 2.71. The first-order chi connectivity index (χ1) is 7.34. The van der Waals surface area contributed by atoms with Gasteiger partial charge in [-0.25, -0.2) is 4.98 Å². The molecule has 1 aliphatic rings. The van der Waals surface area contributed by atoms with Gasteiger partial charge in [0.2, 0.25) is 0 Å². The number of nitrogens with one attached hydrogen (secondary N) is 1. The van der Waals surface area contributed by atoms with Crippen LogP contribution >= 0.6 is 0 Å². The minimum absolute atomic E-state index is 0.570. The normalized spacial score (nSPS) is 15.1. The zero-order chi connectivity index (χ0) is 10.5. The molecular formula is C12H17N3. The van der Waals surface area contributed by atoms with Crippen LogP contribution in [-0.4, -0.2) is 11.5 Å². The topological polar surface area (TPSA) is 50.9 Å². The Hall–Kier alpha value is -1.51. The summed E-state index contributed by atoms with van der Waals surface area (Å²) in [6.07, 6.45) is 7.33. The molecule has 0 atom stereocenters. The summed E-state index contributed by atoms with van der Waals surface area (Å²) in [6.45, 7) is 0.947. The van der Waals surface area contributed by atoms with Gasteiger partial charge in [-0.15, -0.1) is 0 Å². The van der Waals surface area contributed by atoms with Crippen molar-refractivity contribution in [2.45, 2.75) is 25.7 Å². The molecular weight excluding hydrogens is 186 g/mol. The van der Waals surface area contributed by atoms with Gasteiger partial charge in [0.05, 0.1) is 0 Å². The molecule has 3 nitrogen and oxygen atoms in total. The molecule has 0 amide bonds. The van der Waals surface area contributed by atoms with Gasteiger partial charge in [0.25, 0.3) is 0 Å². The molecule has 0 aliphatic heterocycles. The van der Waals surface area contributed by atoms with E-state index in [0.717, 1.165) is 18.8 Å². The molecule has 15 heavy (non-hydrogen) atoms. The Kier molecular flexibility index (Phi) is 3.22. The molecule has 1 heterocycles. The number of pyridine rings is 1. The number of allylic oxidation sites excluding steroid dienone is 1. The smallest absolute Gasteiger partial charge is 0.128 e. The second-order valence-electron chi connectivity index (χ2n) is 3.88. The van der Waals surface area contributed by atoms with E-state index in [2.05, 4.69) is 16.4 Å². The average molecular weight is 203 g/mol. The van der Waals surface area contributed by atoms with E-state index in [0.29, 0.717) is 5.82 Å². The summed E-state index contributed by atoms with van der Waals surface area (Å²) >= 11 is 0.